The molecule has 162 valence electrons. The van der Waals surface area contributed by atoms with E-state index in [1.54, 1.807) is 6.08 Å². The number of aliphatic hydroxyl groups excluding tert-OH is 1. The molecule has 3 amide bonds. The Hall–Kier alpha value is -3.20. The van der Waals surface area contributed by atoms with Gasteiger partial charge in [0.25, 0.3) is 0 Å². The molecular weight excluding hydrogens is 390 g/mol. The van der Waals surface area contributed by atoms with Crippen molar-refractivity contribution in [2.24, 2.45) is 11.7 Å². The Balaban J connectivity index is 0.000000232. The standard InChI is InChI=1S/C14H15NO3.C7H12N2O3/c16-13(11-7-4-8-12(11)14(17)18)15-9-10-5-2-1-3-6-10;8-7(12)9-3-1-2-5(9)6(11)4-10/h1-3,5-7,12H,4,8-9H2,(H,15,16)(H,17,18);5,10H,1-4H2,(H2,8,12)/t;5-/m.0/s1. The van der Waals surface area contributed by atoms with Crippen LogP contribution in [0.25, 0.3) is 0 Å². The van der Waals surface area contributed by atoms with E-state index in [1.165, 1.54) is 4.90 Å². The van der Waals surface area contributed by atoms with Crippen LogP contribution in [-0.2, 0) is 20.9 Å². The summed E-state index contributed by atoms with van der Waals surface area (Å²) in [4.78, 5) is 45.9. The maximum absolute atomic E-state index is 11.9. The number of Topliss-reactive ketones (excluding diaryl/α,β-unsaturated/α-hetero) is 1. The third-order valence-corrected chi connectivity index (χ3v) is 5.11. The second-order valence-corrected chi connectivity index (χ2v) is 7.11. The maximum atomic E-state index is 11.9. The SMILES string of the molecule is NC(=O)N1CCC[C@H]1C(=O)CO.O=C(NCc1ccccc1)C1=CCCC1C(=O)O. The molecule has 0 bridgehead atoms. The fourth-order valence-corrected chi connectivity index (χ4v) is 3.56. The minimum absolute atomic E-state index is 0.274. The summed E-state index contributed by atoms with van der Waals surface area (Å²) in [7, 11) is 0. The van der Waals surface area contributed by atoms with Gasteiger partial charge in [0.2, 0.25) is 5.91 Å². The van der Waals surface area contributed by atoms with Crippen molar-refractivity contribution in [3.05, 3.63) is 47.5 Å². The summed E-state index contributed by atoms with van der Waals surface area (Å²) in [5, 5.41) is 20.3. The van der Waals surface area contributed by atoms with E-state index in [9.17, 15) is 19.2 Å². The first-order valence-corrected chi connectivity index (χ1v) is 9.79. The molecule has 1 heterocycles. The van der Waals surface area contributed by atoms with Crippen LogP contribution in [0, 0.1) is 5.92 Å². The molecule has 30 heavy (non-hydrogen) atoms. The summed E-state index contributed by atoms with van der Waals surface area (Å²) < 4.78 is 0. The largest absolute Gasteiger partial charge is 0.481 e. The predicted octanol–water partition coefficient (Wildman–Crippen LogP) is 0.815. The fraction of sp³-hybridized carbons (Fsp3) is 0.429. The number of carboxylic acids is 1. The van der Waals surface area contributed by atoms with E-state index >= 15 is 0 Å². The number of amides is 3. The molecule has 1 aliphatic heterocycles. The lowest BCUT2D eigenvalue weighted by Gasteiger charge is -2.20. The van der Waals surface area contributed by atoms with Crippen LogP contribution < -0.4 is 11.1 Å². The van der Waals surface area contributed by atoms with Gasteiger partial charge in [-0.15, -0.1) is 0 Å². The molecule has 1 aliphatic carbocycles. The molecule has 0 aromatic heterocycles. The predicted molar refractivity (Wildman–Crippen MR) is 108 cm³/mol. The number of nitrogens with zero attached hydrogens (tertiary/aromatic N) is 1. The maximum Gasteiger partial charge on any atom is 0.315 e. The molecule has 1 aromatic rings. The Morgan fingerprint density at radius 3 is 2.43 bits per heavy atom. The second kappa shape index (κ2) is 11.1. The number of urea groups is 1. The van der Waals surface area contributed by atoms with Crippen LogP contribution in [0.2, 0.25) is 0 Å². The molecule has 0 saturated carbocycles. The molecule has 0 radical (unpaired) electrons. The average molecular weight is 417 g/mol. The normalized spacial score (nSPS) is 20.0. The summed E-state index contributed by atoms with van der Waals surface area (Å²) in [6.45, 7) is 0.420. The van der Waals surface area contributed by atoms with E-state index in [4.69, 9.17) is 15.9 Å². The van der Waals surface area contributed by atoms with E-state index in [1.807, 2.05) is 30.3 Å². The number of benzene rings is 1. The summed E-state index contributed by atoms with van der Waals surface area (Å²) in [6.07, 6.45) is 4.29. The van der Waals surface area contributed by atoms with Crippen molar-refractivity contribution in [3.63, 3.8) is 0 Å². The number of carbonyl (C=O) groups excluding carboxylic acids is 3. The number of ketones is 1. The van der Waals surface area contributed by atoms with Gasteiger partial charge in [-0.05, 0) is 31.2 Å². The molecule has 0 spiro atoms. The number of carbonyl (C=O) groups is 4. The van der Waals surface area contributed by atoms with Crippen LogP contribution in [0.4, 0.5) is 4.79 Å². The van der Waals surface area contributed by atoms with Crippen LogP contribution in [-0.4, -0.2) is 58.0 Å². The summed E-state index contributed by atoms with van der Waals surface area (Å²) in [5.74, 6) is -2.18. The van der Waals surface area contributed by atoms with Gasteiger partial charge in [-0.3, -0.25) is 14.4 Å². The van der Waals surface area contributed by atoms with Gasteiger partial charge in [0, 0.05) is 18.7 Å². The Bertz CT molecular complexity index is 808. The zero-order chi connectivity index (χ0) is 22.1. The number of hydrogen-bond acceptors (Lipinski definition) is 5. The molecule has 1 saturated heterocycles. The smallest absolute Gasteiger partial charge is 0.315 e. The number of hydrogen-bond donors (Lipinski definition) is 4. The van der Waals surface area contributed by atoms with E-state index < -0.39 is 30.6 Å². The molecule has 3 rings (SSSR count). The van der Waals surface area contributed by atoms with Crippen molar-refractivity contribution in [3.8, 4) is 0 Å². The van der Waals surface area contributed by atoms with E-state index in [0.717, 1.165) is 12.0 Å². The number of nitrogens with two attached hydrogens (primary N) is 1. The number of aliphatic carboxylic acids is 1. The number of carboxylic acid groups (broad SMARTS) is 1. The summed E-state index contributed by atoms with van der Waals surface area (Å²) in [6, 6.07) is 8.46. The topological polar surface area (TPSA) is 150 Å². The molecule has 1 unspecified atom stereocenters. The van der Waals surface area contributed by atoms with Crippen LogP contribution in [0.5, 0.6) is 0 Å². The van der Waals surface area contributed by atoms with Crippen molar-refractivity contribution >= 4 is 23.7 Å². The Labute approximate surface area is 174 Å². The molecule has 1 aromatic carbocycles. The molecule has 2 aliphatic rings. The Morgan fingerprint density at radius 2 is 1.83 bits per heavy atom. The number of primary amides is 1. The lowest BCUT2D eigenvalue weighted by molar-refractivity contribution is -0.141. The molecule has 1 fully saturated rings. The second-order valence-electron chi connectivity index (χ2n) is 7.11. The van der Waals surface area contributed by atoms with Gasteiger partial charge in [-0.2, -0.15) is 0 Å². The highest BCUT2D eigenvalue weighted by Crippen LogP contribution is 2.26. The first-order valence-electron chi connectivity index (χ1n) is 9.79. The molecule has 2 atom stereocenters. The van der Waals surface area contributed by atoms with Crippen LogP contribution in [0.1, 0.15) is 31.2 Å². The van der Waals surface area contributed by atoms with Crippen molar-refractivity contribution < 1.29 is 29.4 Å². The highest BCUT2D eigenvalue weighted by molar-refractivity contribution is 5.99. The Morgan fingerprint density at radius 1 is 1.13 bits per heavy atom. The van der Waals surface area contributed by atoms with Crippen molar-refractivity contribution in [1.29, 1.82) is 0 Å². The van der Waals surface area contributed by atoms with E-state index in [2.05, 4.69) is 5.32 Å². The number of rotatable bonds is 6. The van der Waals surface area contributed by atoms with Gasteiger partial charge in [0.1, 0.15) is 6.61 Å². The highest BCUT2D eigenvalue weighted by Gasteiger charge is 2.32. The molecule has 9 heteroatoms. The van der Waals surface area contributed by atoms with Gasteiger partial charge in [-0.1, -0.05) is 36.4 Å². The Kier molecular flexibility index (Phi) is 8.54. The number of allylic oxidation sites excluding steroid dienone is 1. The zero-order valence-corrected chi connectivity index (χ0v) is 16.6. The first kappa shape index (κ1) is 23.1. The average Bonchev–Trinajstić information content (AvgIpc) is 3.42. The van der Waals surface area contributed by atoms with Gasteiger partial charge in [0.05, 0.1) is 12.0 Å². The number of likely N-dealkylation sites (tertiary alicyclic amines) is 1. The summed E-state index contributed by atoms with van der Waals surface area (Å²) >= 11 is 0. The number of nitrogens with one attached hydrogen (secondary N) is 1. The summed E-state index contributed by atoms with van der Waals surface area (Å²) in [5.41, 5.74) is 6.42. The monoisotopic (exact) mass is 417 g/mol. The first-order chi connectivity index (χ1) is 14.3. The molecule has 9 nitrogen and oxygen atoms in total. The van der Waals surface area contributed by atoms with Crippen LogP contribution in [0.3, 0.4) is 0 Å². The van der Waals surface area contributed by atoms with E-state index in [0.29, 0.717) is 37.9 Å². The van der Waals surface area contributed by atoms with Crippen LogP contribution >= 0.6 is 0 Å². The minimum Gasteiger partial charge on any atom is -0.481 e. The minimum atomic E-state index is -0.923. The van der Waals surface area contributed by atoms with Crippen molar-refractivity contribution in [2.75, 3.05) is 13.2 Å². The lowest BCUT2D eigenvalue weighted by Crippen LogP contribution is -2.44. The van der Waals surface area contributed by atoms with Crippen molar-refractivity contribution in [1.82, 2.24) is 10.2 Å². The molecule has 5 N–H and O–H groups in total. The van der Waals surface area contributed by atoms with Crippen LogP contribution in [0.15, 0.2) is 42.0 Å². The van der Waals surface area contributed by atoms with Gasteiger partial charge < -0.3 is 26.2 Å². The highest BCUT2D eigenvalue weighted by atomic mass is 16.4. The van der Waals surface area contributed by atoms with Gasteiger partial charge in [0.15, 0.2) is 5.78 Å². The third kappa shape index (κ3) is 6.15. The van der Waals surface area contributed by atoms with Crippen molar-refractivity contribution in [2.45, 2.75) is 38.3 Å². The fourth-order valence-electron chi connectivity index (χ4n) is 3.56. The zero-order valence-electron chi connectivity index (χ0n) is 16.6. The molecular formula is C21H27N3O6. The third-order valence-electron chi connectivity index (χ3n) is 5.11. The van der Waals surface area contributed by atoms with E-state index in [-0.39, 0.29) is 11.7 Å². The lowest BCUT2D eigenvalue weighted by atomic mass is 10.0. The number of aliphatic hydroxyl groups is 1. The quantitative estimate of drug-likeness (QED) is 0.538. The van der Waals surface area contributed by atoms with Gasteiger partial charge >= 0.3 is 12.0 Å². The van der Waals surface area contributed by atoms with Gasteiger partial charge in [-0.25, -0.2) is 4.79 Å².